The van der Waals surface area contributed by atoms with Gasteiger partial charge in [-0.25, -0.2) is 4.98 Å². The highest BCUT2D eigenvalue weighted by Crippen LogP contribution is 2.16. The van der Waals surface area contributed by atoms with Gasteiger partial charge in [0.05, 0.1) is 11.2 Å². The van der Waals surface area contributed by atoms with Gasteiger partial charge in [0.1, 0.15) is 12.4 Å². The molecule has 0 aliphatic carbocycles. The van der Waals surface area contributed by atoms with E-state index in [1.54, 1.807) is 54.0 Å². The standard InChI is InChI=1S/C19H16N2O3S/c1-13(22)14-2-6-16(7-3-14)21-19(23)15-4-8-18(9-5-15)24-10-17-11-25-12-20-17/h2-9,11-12H,10H2,1H3,(H,21,23). The van der Waals surface area contributed by atoms with Gasteiger partial charge in [0, 0.05) is 22.2 Å². The van der Waals surface area contributed by atoms with Crippen molar-refractivity contribution in [3.8, 4) is 5.75 Å². The smallest absolute Gasteiger partial charge is 0.255 e. The summed E-state index contributed by atoms with van der Waals surface area (Å²) in [4.78, 5) is 27.7. The monoisotopic (exact) mass is 352 g/mol. The summed E-state index contributed by atoms with van der Waals surface area (Å²) in [6.07, 6.45) is 0. The SMILES string of the molecule is CC(=O)c1ccc(NC(=O)c2ccc(OCc3cscn3)cc2)cc1. The predicted molar refractivity (Wildman–Crippen MR) is 97.3 cm³/mol. The first-order valence-electron chi connectivity index (χ1n) is 7.64. The number of hydrogen-bond acceptors (Lipinski definition) is 5. The molecule has 0 fully saturated rings. The first-order chi connectivity index (χ1) is 12.1. The molecule has 126 valence electrons. The molecule has 0 aliphatic heterocycles. The fourth-order valence-electron chi connectivity index (χ4n) is 2.16. The Morgan fingerprint density at radius 3 is 2.32 bits per heavy atom. The zero-order chi connectivity index (χ0) is 17.6. The fraction of sp³-hybridized carbons (Fsp3) is 0.105. The first-order valence-corrected chi connectivity index (χ1v) is 8.58. The van der Waals surface area contributed by atoms with Crippen molar-refractivity contribution in [1.82, 2.24) is 4.98 Å². The molecule has 25 heavy (non-hydrogen) atoms. The summed E-state index contributed by atoms with van der Waals surface area (Å²) < 4.78 is 5.62. The zero-order valence-electron chi connectivity index (χ0n) is 13.6. The molecule has 0 atom stereocenters. The Kier molecular flexibility index (Phi) is 5.20. The lowest BCUT2D eigenvalue weighted by atomic mass is 10.1. The topological polar surface area (TPSA) is 68.3 Å². The molecule has 1 N–H and O–H groups in total. The summed E-state index contributed by atoms with van der Waals surface area (Å²) in [7, 11) is 0. The van der Waals surface area contributed by atoms with Crippen molar-refractivity contribution in [2.24, 2.45) is 0 Å². The van der Waals surface area contributed by atoms with Gasteiger partial charge in [-0.2, -0.15) is 0 Å². The van der Waals surface area contributed by atoms with E-state index in [1.807, 2.05) is 5.38 Å². The van der Waals surface area contributed by atoms with E-state index in [0.717, 1.165) is 5.69 Å². The molecule has 3 aromatic rings. The summed E-state index contributed by atoms with van der Waals surface area (Å²) in [5.41, 5.74) is 4.41. The van der Waals surface area contributed by atoms with Crippen LogP contribution >= 0.6 is 11.3 Å². The predicted octanol–water partition coefficient (Wildman–Crippen LogP) is 4.18. The number of carbonyl (C=O) groups is 2. The number of Topliss-reactive ketones (excluding diaryl/α,β-unsaturated/α-hetero) is 1. The quantitative estimate of drug-likeness (QED) is 0.676. The van der Waals surface area contributed by atoms with Crippen LogP contribution in [0.3, 0.4) is 0 Å². The highest BCUT2D eigenvalue weighted by atomic mass is 32.1. The van der Waals surface area contributed by atoms with E-state index in [2.05, 4.69) is 10.3 Å². The van der Waals surface area contributed by atoms with Gasteiger partial charge in [-0.05, 0) is 55.5 Å². The van der Waals surface area contributed by atoms with Gasteiger partial charge < -0.3 is 10.1 Å². The van der Waals surface area contributed by atoms with Crippen molar-refractivity contribution in [3.05, 3.63) is 76.2 Å². The Hall–Kier alpha value is -2.99. The van der Waals surface area contributed by atoms with E-state index < -0.39 is 0 Å². The van der Waals surface area contributed by atoms with Crippen LogP contribution in [0.1, 0.15) is 33.3 Å². The van der Waals surface area contributed by atoms with Crippen LogP contribution in [0.4, 0.5) is 5.69 Å². The number of anilines is 1. The number of ether oxygens (including phenoxy) is 1. The number of carbonyl (C=O) groups excluding carboxylic acids is 2. The van der Waals surface area contributed by atoms with Gasteiger partial charge >= 0.3 is 0 Å². The molecule has 1 amide bonds. The minimum atomic E-state index is -0.221. The molecule has 0 radical (unpaired) electrons. The molecule has 5 nitrogen and oxygen atoms in total. The van der Waals surface area contributed by atoms with E-state index in [1.165, 1.54) is 18.3 Å². The molecule has 1 aromatic heterocycles. The second-order valence-corrected chi connectivity index (χ2v) is 6.10. The number of benzene rings is 2. The Labute approximate surface area is 149 Å². The van der Waals surface area contributed by atoms with Crippen molar-refractivity contribution in [2.45, 2.75) is 13.5 Å². The average molecular weight is 352 g/mol. The minimum absolute atomic E-state index is 0.00823. The maximum absolute atomic E-state index is 12.3. The number of hydrogen-bond donors (Lipinski definition) is 1. The molecule has 6 heteroatoms. The summed E-state index contributed by atoms with van der Waals surface area (Å²) in [6.45, 7) is 1.91. The minimum Gasteiger partial charge on any atom is -0.487 e. The molecule has 0 saturated carbocycles. The normalized spacial score (nSPS) is 10.3. The van der Waals surface area contributed by atoms with E-state index in [-0.39, 0.29) is 11.7 Å². The summed E-state index contributed by atoms with van der Waals surface area (Å²) in [6, 6.07) is 13.7. The Morgan fingerprint density at radius 1 is 1.04 bits per heavy atom. The second kappa shape index (κ2) is 7.72. The lowest BCUT2D eigenvalue weighted by Crippen LogP contribution is -2.11. The third kappa shape index (κ3) is 4.51. The number of ketones is 1. The van der Waals surface area contributed by atoms with Crippen LogP contribution in [0.2, 0.25) is 0 Å². The molecule has 1 heterocycles. The lowest BCUT2D eigenvalue weighted by molar-refractivity contribution is 0.101. The lowest BCUT2D eigenvalue weighted by Gasteiger charge is -2.08. The van der Waals surface area contributed by atoms with E-state index >= 15 is 0 Å². The molecular weight excluding hydrogens is 336 g/mol. The second-order valence-electron chi connectivity index (χ2n) is 5.38. The summed E-state index contributed by atoms with van der Waals surface area (Å²) in [5.74, 6) is 0.447. The largest absolute Gasteiger partial charge is 0.487 e. The summed E-state index contributed by atoms with van der Waals surface area (Å²) in [5, 5.41) is 4.73. The molecular formula is C19H16N2O3S. The van der Waals surface area contributed by atoms with Crippen LogP contribution in [0, 0.1) is 0 Å². The fourth-order valence-corrected chi connectivity index (χ4v) is 2.70. The van der Waals surface area contributed by atoms with Crippen LogP contribution in [-0.4, -0.2) is 16.7 Å². The Morgan fingerprint density at radius 2 is 1.72 bits per heavy atom. The maximum atomic E-state index is 12.3. The number of amides is 1. The highest BCUT2D eigenvalue weighted by molar-refractivity contribution is 7.07. The van der Waals surface area contributed by atoms with E-state index in [4.69, 9.17) is 4.74 Å². The third-order valence-electron chi connectivity index (χ3n) is 3.54. The molecule has 2 aromatic carbocycles. The van der Waals surface area contributed by atoms with Crippen molar-refractivity contribution in [1.29, 1.82) is 0 Å². The first kappa shape index (κ1) is 16.9. The van der Waals surface area contributed by atoms with Gasteiger partial charge in [0.2, 0.25) is 0 Å². The average Bonchev–Trinajstić information content (AvgIpc) is 3.14. The number of thiazole rings is 1. The van der Waals surface area contributed by atoms with Crippen molar-refractivity contribution in [3.63, 3.8) is 0 Å². The van der Waals surface area contributed by atoms with Gasteiger partial charge in [0.15, 0.2) is 5.78 Å². The molecule has 0 saturated heterocycles. The number of aromatic nitrogens is 1. The van der Waals surface area contributed by atoms with Crippen LogP contribution in [-0.2, 0) is 6.61 Å². The van der Waals surface area contributed by atoms with Crippen LogP contribution < -0.4 is 10.1 Å². The van der Waals surface area contributed by atoms with E-state index in [0.29, 0.717) is 29.2 Å². The Bertz CT molecular complexity index is 857. The van der Waals surface area contributed by atoms with Crippen molar-refractivity contribution < 1.29 is 14.3 Å². The van der Waals surface area contributed by atoms with Gasteiger partial charge in [0.25, 0.3) is 5.91 Å². The molecule has 0 bridgehead atoms. The molecule has 3 rings (SSSR count). The van der Waals surface area contributed by atoms with Crippen LogP contribution in [0.15, 0.2) is 59.4 Å². The van der Waals surface area contributed by atoms with Gasteiger partial charge in [-0.15, -0.1) is 11.3 Å². The highest BCUT2D eigenvalue weighted by Gasteiger charge is 2.07. The molecule has 0 unspecified atom stereocenters. The Balaban J connectivity index is 1.59. The van der Waals surface area contributed by atoms with Crippen LogP contribution in [0.25, 0.3) is 0 Å². The van der Waals surface area contributed by atoms with Gasteiger partial charge in [-0.1, -0.05) is 0 Å². The maximum Gasteiger partial charge on any atom is 0.255 e. The number of rotatable bonds is 6. The third-order valence-corrected chi connectivity index (χ3v) is 4.17. The van der Waals surface area contributed by atoms with E-state index in [9.17, 15) is 9.59 Å². The van der Waals surface area contributed by atoms with Gasteiger partial charge in [-0.3, -0.25) is 9.59 Å². The molecule has 0 spiro atoms. The van der Waals surface area contributed by atoms with Crippen molar-refractivity contribution in [2.75, 3.05) is 5.32 Å². The summed E-state index contributed by atoms with van der Waals surface area (Å²) >= 11 is 1.52. The van der Waals surface area contributed by atoms with Crippen molar-refractivity contribution >= 4 is 28.7 Å². The number of nitrogens with zero attached hydrogens (tertiary/aromatic N) is 1. The van der Waals surface area contributed by atoms with Crippen LogP contribution in [0.5, 0.6) is 5.75 Å². The molecule has 0 aliphatic rings. The number of nitrogens with one attached hydrogen (secondary N) is 1. The zero-order valence-corrected chi connectivity index (χ0v) is 14.4.